The van der Waals surface area contributed by atoms with Gasteiger partial charge in [-0.1, -0.05) is 44.2 Å². The Balaban J connectivity index is 0.00000341. The number of benzene rings is 1. The van der Waals surface area contributed by atoms with Crippen molar-refractivity contribution in [2.75, 3.05) is 66.0 Å². The summed E-state index contributed by atoms with van der Waals surface area (Å²) in [6.07, 6.45) is 2.55. The van der Waals surface area contributed by atoms with E-state index in [0.29, 0.717) is 12.0 Å². The van der Waals surface area contributed by atoms with E-state index in [9.17, 15) is 0 Å². The maximum absolute atomic E-state index is 4.45. The second-order valence-electron chi connectivity index (χ2n) is 8.93. The van der Waals surface area contributed by atoms with E-state index < -0.39 is 0 Å². The minimum Gasteiger partial charge on any atom is -0.356 e. The van der Waals surface area contributed by atoms with E-state index in [2.05, 4.69) is 74.5 Å². The first-order valence-electron chi connectivity index (χ1n) is 11.8. The summed E-state index contributed by atoms with van der Waals surface area (Å²) in [5.74, 6) is 1.54. The number of likely N-dealkylation sites (N-methyl/N-ethyl adjacent to an activating group) is 1. The summed E-state index contributed by atoms with van der Waals surface area (Å²) in [7, 11) is 1.88. The van der Waals surface area contributed by atoms with Gasteiger partial charge in [0, 0.05) is 65.4 Å². The Morgan fingerprint density at radius 2 is 1.77 bits per heavy atom. The predicted molar refractivity (Wildman–Crippen MR) is 142 cm³/mol. The summed E-state index contributed by atoms with van der Waals surface area (Å²) in [5.41, 5.74) is 1.40. The first kappa shape index (κ1) is 26.4. The van der Waals surface area contributed by atoms with Crippen molar-refractivity contribution in [1.82, 2.24) is 25.3 Å². The van der Waals surface area contributed by atoms with Crippen molar-refractivity contribution < 1.29 is 0 Å². The normalized spacial score (nSPS) is 22.2. The highest BCUT2D eigenvalue weighted by Crippen LogP contribution is 2.19. The van der Waals surface area contributed by atoms with Crippen LogP contribution >= 0.6 is 24.0 Å². The largest absolute Gasteiger partial charge is 0.356 e. The van der Waals surface area contributed by atoms with Crippen molar-refractivity contribution in [2.24, 2.45) is 10.9 Å². The lowest BCUT2D eigenvalue weighted by atomic mass is 10.1. The predicted octanol–water partition coefficient (Wildman–Crippen LogP) is 2.71. The maximum atomic E-state index is 4.45. The lowest BCUT2D eigenvalue weighted by Gasteiger charge is -2.35. The van der Waals surface area contributed by atoms with Gasteiger partial charge in [-0.25, -0.2) is 0 Å². The Kier molecular flexibility index (Phi) is 12.1. The van der Waals surface area contributed by atoms with Crippen LogP contribution in [0.15, 0.2) is 35.3 Å². The van der Waals surface area contributed by atoms with E-state index in [1.165, 1.54) is 57.7 Å². The highest BCUT2D eigenvalue weighted by molar-refractivity contribution is 14.0. The molecule has 7 heteroatoms. The van der Waals surface area contributed by atoms with Gasteiger partial charge in [-0.05, 0) is 37.4 Å². The van der Waals surface area contributed by atoms with Gasteiger partial charge in [-0.15, -0.1) is 24.0 Å². The molecule has 0 saturated carbocycles. The fourth-order valence-electron chi connectivity index (χ4n) is 4.65. The molecule has 0 aliphatic carbocycles. The molecule has 2 atom stereocenters. The highest BCUT2D eigenvalue weighted by Gasteiger charge is 2.24. The summed E-state index contributed by atoms with van der Waals surface area (Å²) in [6, 6.07) is 11.4. The van der Waals surface area contributed by atoms with E-state index in [4.69, 9.17) is 0 Å². The van der Waals surface area contributed by atoms with Crippen LogP contribution in [0.2, 0.25) is 0 Å². The van der Waals surface area contributed by atoms with Crippen LogP contribution in [0.3, 0.4) is 0 Å². The number of nitrogens with zero attached hydrogens (tertiary/aromatic N) is 4. The average molecular weight is 543 g/mol. The molecule has 1 aromatic carbocycles. The monoisotopic (exact) mass is 542 g/mol. The van der Waals surface area contributed by atoms with Crippen LogP contribution in [0, 0.1) is 5.92 Å². The molecule has 6 nitrogen and oxygen atoms in total. The zero-order valence-electron chi connectivity index (χ0n) is 19.7. The summed E-state index contributed by atoms with van der Waals surface area (Å²) >= 11 is 0. The summed E-state index contributed by atoms with van der Waals surface area (Å²) in [6.45, 7) is 15.9. The summed E-state index contributed by atoms with van der Waals surface area (Å²) in [4.78, 5) is 12.2. The molecule has 31 heavy (non-hydrogen) atoms. The first-order chi connectivity index (χ1) is 14.7. The Hall–Kier alpha value is -0.900. The minimum atomic E-state index is 0. The number of aliphatic imine (C=N–C) groups is 1. The van der Waals surface area contributed by atoms with Crippen LogP contribution in [0.4, 0.5) is 0 Å². The molecule has 2 unspecified atom stereocenters. The molecule has 0 radical (unpaired) electrons. The van der Waals surface area contributed by atoms with E-state index in [0.717, 1.165) is 32.1 Å². The van der Waals surface area contributed by atoms with Gasteiger partial charge in [-0.3, -0.25) is 9.89 Å². The van der Waals surface area contributed by atoms with Gasteiger partial charge in [0.05, 0.1) is 0 Å². The number of piperazine rings is 1. The third-order valence-electron chi connectivity index (χ3n) is 6.56. The molecular weight excluding hydrogens is 499 g/mol. The fraction of sp³-hybridized carbons (Fsp3) is 0.708. The van der Waals surface area contributed by atoms with Crippen molar-refractivity contribution in [3.63, 3.8) is 0 Å². The average Bonchev–Trinajstić information content (AvgIpc) is 3.22. The molecule has 1 aromatic rings. The van der Waals surface area contributed by atoms with Gasteiger partial charge in [-0.2, -0.15) is 0 Å². The maximum Gasteiger partial charge on any atom is 0.191 e. The van der Waals surface area contributed by atoms with Crippen molar-refractivity contribution in [1.29, 1.82) is 0 Å². The fourth-order valence-corrected chi connectivity index (χ4v) is 4.65. The number of likely N-dealkylation sites (tertiary alicyclic amines) is 1. The number of hydrogen-bond donors (Lipinski definition) is 2. The molecule has 2 aliphatic rings. The van der Waals surface area contributed by atoms with Gasteiger partial charge in [0.2, 0.25) is 0 Å². The third-order valence-corrected chi connectivity index (χ3v) is 6.56. The van der Waals surface area contributed by atoms with E-state index >= 15 is 0 Å². The van der Waals surface area contributed by atoms with Gasteiger partial charge in [0.25, 0.3) is 0 Å². The van der Waals surface area contributed by atoms with Crippen molar-refractivity contribution in [2.45, 2.75) is 39.3 Å². The van der Waals surface area contributed by atoms with Crippen molar-refractivity contribution in [3.8, 4) is 0 Å². The molecule has 176 valence electrons. The van der Waals surface area contributed by atoms with Gasteiger partial charge in [0.15, 0.2) is 5.96 Å². The van der Waals surface area contributed by atoms with Crippen molar-refractivity contribution >= 4 is 29.9 Å². The molecule has 2 saturated heterocycles. The second kappa shape index (κ2) is 14.3. The molecule has 2 N–H and O–H groups in total. The molecule has 2 aliphatic heterocycles. The Morgan fingerprint density at radius 3 is 2.45 bits per heavy atom. The molecular formula is C24H43IN6. The second-order valence-corrected chi connectivity index (χ2v) is 8.93. The van der Waals surface area contributed by atoms with E-state index in [1.807, 2.05) is 7.05 Å². The van der Waals surface area contributed by atoms with Crippen LogP contribution < -0.4 is 10.6 Å². The lowest BCUT2D eigenvalue weighted by molar-refractivity contribution is 0.124. The first-order valence-corrected chi connectivity index (χ1v) is 11.8. The number of rotatable bonds is 9. The Labute approximate surface area is 206 Å². The number of nitrogens with one attached hydrogen (secondary N) is 2. The van der Waals surface area contributed by atoms with E-state index in [-0.39, 0.29) is 24.0 Å². The van der Waals surface area contributed by atoms with Crippen LogP contribution in [0.5, 0.6) is 0 Å². The smallest absolute Gasteiger partial charge is 0.191 e. The minimum absolute atomic E-state index is 0. The van der Waals surface area contributed by atoms with Gasteiger partial charge < -0.3 is 20.4 Å². The highest BCUT2D eigenvalue weighted by atomic mass is 127. The van der Waals surface area contributed by atoms with Gasteiger partial charge >= 0.3 is 0 Å². The topological polar surface area (TPSA) is 46.1 Å². The Morgan fingerprint density at radius 1 is 1.06 bits per heavy atom. The standard InChI is InChI=1S/C24H42N6.HI/c1-4-28-13-15-29(16-14-28)19-21(2)17-26-24(25-3)27-18-23-11-8-12-30(23)20-22-9-6-5-7-10-22;/h5-7,9-10,21,23H,4,8,11-20H2,1-3H3,(H2,25,26,27);1H. The quantitative estimate of drug-likeness (QED) is 0.286. The van der Waals surface area contributed by atoms with Crippen LogP contribution in [0.25, 0.3) is 0 Å². The van der Waals surface area contributed by atoms with Crippen LogP contribution in [-0.2, 0) is 6.54 Å². The molecule has 3 rings (SSSR count). The van der Waals surface area contributed by atoms with Crippen LogP contribution in [-0.4, -0.2) is 92.7 Å². The summed E-state index contributed by atoms with van der Waals surface area (Å²) in [5, 5.41) is 7.13. The van der Waals surface area contributed by atoms with Gasteiger partial charge in [0.1, 0.15) is 0 Å². The third kappa shape index (κ3) is 8.86. The molecule has 0 bridgehead atoms. The summed E-state index contributed by atoms with van der Waals surface area (Å²) < 4.78 is 0. The Bertz CT molecular complexity index is 632. The SMILES string of the molecule is CCN1CCN(CC(C)CNC(=NC)NCC2CCCN2Cc2ccccc2)CC1.I. The number of hydrogen-bond acceptors (Lipinski definition) is 4. The zero-order chi connectivity index (χ0) is 21.2. The molecule has 2 heterocycles. The molecule has 2 fully saturated rings. The lowest BCUT2D eigenvalue weighted by Crippen LogP contribution is -2.49. The van der Waals surface area contributed by atoms with Crippen molar-refractivity contribution in [3.05, 3.63) is 35.9 Å². The van der Waals surface area contributed by atoms with E-state index in [1.54, 1.807) is 0 Å². The number of halogens is 1. The molecule has 0 spiro atoms. The molecule has 0 amide bonds. The molecule has 0 aromatic heterocycles. The number of guanidine groups is 1. The zero-order valence-corrected chi connectivity index (χ0v) is 22.1. The van der Waals surface area contributed by atoms with Crippen LogP contribution in [0.1, 0.15) is 32.3 Å².